The zero-order chi connectivity index (χ0) is 16.7. The Balaban J connectivity index is 2.00. The number of hydrogen-bond acceptors (Lipinski definition) is 5. The summed E-state index contributed by atoms with van der Waals surface area (Å²) in [6.07, 6.45) is 4.58. The Morgan fingerprint density at radius 1 is 1.61 bits per heavy atom. The molecule has 0 radical (unpaired) electrons. The first-order valence-electron chi connectivity index (χ1n) is 7.45. The molecule has 2 rings (SSSR count). The van der Waals surface area contributed by atoms with E-state index in [1.54, 1.807) is 6.08 Å². The molecular formula is C16H20N2O5. The molecule has 2 atom stereocenters. The van der Waals surface area contributed by atoms with E-state index in [0.29, 0.717) is 37.5 Å². The minimum absolute atomic E-state index is 0.0693. The van der Waals surface area contributed by atoms with Gasteiger partial charge < -0.3 is 19.9 Å². The van der Waals surface area contributed by atoms with Crippen LogP contribution in [0, 0.1) is 0 Å². The van der Waals surface area contributed by atoms with Crippen LogP contribution in [0.2, 0.25) is 0 Å². The molecule has 2 heterocycles. The van der Waals surface area contributed by atoms with Crippen LogP contribution in [0.25, 0.3) is 0 Å². The molecule has 0 aliphatic carbocycles. The summed E-state index contributed by atoms with van der Waals surface area (Å²) in [4.78, 5) is 27.4. The van der Waals surface area contributed by atoms with E-state index in [4.69, 9.17) is 14.6 Å². The number of carboxylic acids is 1. The normalized spacial score (nSPS) is 18.2. The van der Waals surface area contributed by atoms with Crippen LogP contribution in [-0.4, -0.2) is 47.3 Å². The van der Waals surface area contributed by atoms with Gasteiger partial charge in [-0.1, -0.05) is 6.08 Å². The third-order valence-electron chi connectivity index (χ3n) is 3.44. The molecule has 0 spiro atoms. The predicted octanol–water partition coefficient (Wildman–Crippen LogP) is 1.40. The molecule has 1 aliphatic heterocycles. The number of rotatable bonds is 8. The zero-order valence-corrected chi connectivity index (χ0v) is 12.7. The van der Waals surface area contributed by atoms with Crippen LogP contribution in [-0.2, 0) is 9.53 Å². The Labute approximate surface area is 134 Å². The maximum Gasteiger partial charge on any atom is 0.326 e. The van der Waals surface area contributed by atoms with Gasteiger partial charge >= 0.3 is 5.97 Å². The first-order chi connectivity index (χ1) is 11.1. The highest BCUT2D eigenvalue weighted by molar-refractivity contribution is 5.96. The van der Waals surface area contributed by atoms with Gasteiger partial charge in [0.2, 0.25) is 5.88 Å². The fraction of sp³-hybridized carbons (Fsp3) is 0.438. The lowest BCUT2D eigenvalue weighted by Gasteiger charge is -2.14. The molecular weight excluding hydrogens is 300 g/mol. The zero-order valence-electron chi connectivity index (χ0n) is 12.7. The lowest BCUT2D eigenvalue weighted by molar-refractivity contribution is -0.139. The van der Waals surface area contributed by atoms with E-state index in [1.807, 2.05) is 0 Å². The molecule has 1 aliphatic rings. The lowest BCUT2D eigenvalue weighted by atomic mass is 10.1. The fourth-order valence-corrected chi connectivity index (χ4v) is 2.18. The number of nitrogens with zero attached hydrogens (tertiary/aromatic N) is 1. The number of amides is 1. The van der Waals surface area contributed by atoms with Crippen molar-refractivity contribution in [2.45, 2.75) is 31.4 Å². The highest BCUT2D eigenvalue weighted by Gasteiger charge is 2.21. The van der Waals surface area contributed by atoms with Crippen molar-refractivity contribution >= 4 is 11.9 Å². The van der Waals surface area contributed by atoms with Crippen LogP contribution < -0.4 is 10.1 Å². The van der Waals surface area contributed by atoms with E-state index < -0.39 is 17.9 Å². The molecule has 7 nitrogen and oxygen atoms in total. The van der Waals surface area contributed by atoms with Gasteiger partial charge in [0, 0.05) is 24.2 Å². The number of pyridine rings is 1. The maximum absolute atomic E-state index is 12.2. The van der Waals surface area contributed by atoms with Crippen molar-refractivity contribution < 1.29 is 24.2 Å². The number of carboxylic acid groups (broad SMARTS) is 1. The number of carbonyl (C=O) groups is 2. The number of aliphatic carboxylic acids is 1. The van der Waals surface area contributed by atoms with Gasteiger partial charge in [-0.3, -0.25) is 4.79 Å². The van der Waals surface area contributed by atoms with Crippen LogP contribution in [0.15, 0.2) is 31.0 Å². The minimum atomic E-state index is -1.08. The molecule has 7 heteroatoms. The van der Waals surface area contributed by atoms with Crippen molar-refractivity contribution in [2.24, 2.45) is 0 Å². The minimum Gasteiger partial charge on any atom is -0.480 e. The molecule has 0 aromatic carbocycles. The Morgan fingerprint density at radius 3 is 3.09 bits per heavy atom. The SMILES string of the molecule is C=CCCC(NC(=O)c1ccnc(OC2CCOC2)c1)C(=O)O. The van der Waals surface area contributed by atoms with E-state index >= 15 is 0 Å². The molecule has 1 aromatic rings. The Bertz CT molecular complexity index is 569. The van der Waals surface area contributed by atoms with Crippen LogP contribution in [0.5, 0.6) is 5.88 Å². The molecule has 1 saturated heterocycles. The summed E-state index contributed by atoms with van der Waals surface area (Å²) in [5.74, 6) is -1.23. The molecule has 2 N–H and O–H groups in total. The average molecular weight is 320 g/mol. The summed E-state index contributed by atoms with van der Waals surface area (Å²) in [5.41, 5.74) is 0.304. The summed E-state index contributed by atoms with van der Waals surface area (Å²) in [6.45, 7) is 4.70. The summed E-state index contributed by atoms with van der Waals surface area (Å²) < 4.78 is 10.9. The largest absolute Gasteiger partial charge is 0.480 e. The third-order valence-corrected chi connectivity index (χ3v) is 3.44. The summed E-state index contributed by atoms with van der Waals surface area (Å²) in [6, 6.07) is 2.06. The summed E-state index contributed by atoms with van der Waals surface area (Å²) >= 11 is 0. The highest BCUT2D eigenvalue weighted by Crippen LogP contribution is 2.16. The van der Waals surface area contributed by atoms with Crippen molar-refractivity contribution in [2.75, 3.05) is 13.2 Å². The van der Waals surface area contributed by atoms with E-state index in [9.17, 15) is 9.59 Å². The summed E-state index contributed by atoms with van der Waals surface area (Å²) in [5, 5.41) is 11.6. The Hall–Kier alpha value is -2.41. The van der Waals surface area contributed by atoms with Crippen molar-refractivity contribution in [1.82, 2.24) is 10.3 Å². The number of carbonyl (C=O) groups excluding carboxylic acids is 1. The summed E-state index contributed by atoms with van der Waals surface area (Å²) in [7, 11) is 0. The molecule has 1 amide bonds. The lowest BCUT2D eigenvalue weighted by Crippen LogP contribution is -2.40. The van der Waals surface area contributed by atoms with Gasteiger partial charge in [0.05, 0.1) is 13.2 Å². The first kappa shape index (κ1) is 17.0. The molecule has 23 heavy (non-hydrogen) atoms. The number of aromatic nitrogens is 1. The smallest absolute Gasteiger partial charge is 0.326 e. The van der Waals surface area contributed by atoms with Crippen molar-refractivity contribution in [3.63, 3.8) is 0 Å². The molecule has 0 bridgehead atoms. The second-order valence-electron chi connectivity index (χ2n) is 5.22. The van der Waals surface area contributed by atoms with E-state index in [0.717, 1.165) is 6.42 Å². The van der Waals surface area contributed by atoms with Gasteiger partial charge in [-0.15, -0.1) is 6.58 Å². The number of hydrogen-bond donors (Lipinski definition) is 2. The van der Waals surface area contributed by atoms with Gasteiger partial charge in [0.15, 0.2) is 0 Å². The van der Waals surface area contributed by atoms with E-state index in [1.165, 1.54) is 18.3 Å². The molecule has 0 saturated carbocycles. The van der Waals surface area contributed by atoms with Gasteiger partial charge in [-0.05, 0) is 18.9 Å². The predicted molar refractivity (Wildman–Crippen MR) is 82.4 cm³/mol. The standard InChI is InChI=1S/C16H20N2O5/c1-2-3-4-13(16(20)21)18-15(19)11-5-7-17-14(9-11)23-12-6-8-22-10-12/h2,5,7,9,12-13H,1,3-4,6,8,10H2,(H,18,19)(H,20,21). The monoisotopic (exact) mass is 320 g/mol. The molecule has 1 fully saturated rings. The van der Waals surface area contributed by atoms with E-state index in [-0.39, 0.29) is 6.10 Å². The third kappa shape index (κ3) is 5.07. The number of nitrogens with one attached hydrogen (secondary N) is 1. The average Bonchev–Trinajstić information content (AvgIpc) is 3.04. The Kier molecular flexibility index (Phi) is 6.10. The van der Waals surface area contributed by atoms with Gasteiger partial charge in [-0.2, -0.15) is 0 Å². The topological polar surface area (TPSA) is 97.8 Å². The Morgan fingerprint density at radius 2 is 2.43 bits per heavy atom. The number of ether oxygens (including phenoxy) is 2. The fourth-order valence-electron chi connectivity index (χ4n) is 2.18. The van der Waals surface area contributed by atoms with Crippen molar-refractivity contribution in [3.05, 3.63) is 36.5 Å². The van der Waals surface area contributed by atoms with Gasteiger partial charge in [0.25, 0.3) is 5.91 Å². The second kappa shape index (κ2) is 8.28. The maximum atomic E-state index is 12.2. The first-order valence-corrected chi connectivity index (χ1v) is 7.45. The van der Waals surface area contributed by atoms with Crippen molar-refractivity contribution in [3.8, 4) is 5.88 Å². The quantitative estimate of drug-likeness (QED) is 0.703. The molecule has 1 aromatic heterocycles. The van der Waals surface area contributed by atoms with Crippen LogP contribution >= 0.6 is 0 Å². The highest BCUT2D eigenvalue weighted by atomic mass is 16.5. The van der Waals surface area contributed by atoms with Gasteiger partial charge in [-0.25, -0.2) is 9.78 Å². The van der Waals surface area contributed by atoms with Crippen LogP contribution in [0.4, 0.5) is 0 Å². The second-order valence-corrected chi connectivity index (χ2v) is 5.22. The van der Waals surface area contributed by atoms with Gasteiger partial charge in [0.1, 0.15) is 12.1 Å². The van der Waals surface area contributed by atoms with E-state index in [2.05, 4.69) is 16.9 Å². The molecule has 2 unspecified atom stereocenters. The van der Waals surface area contributed by atoms with Crippen LogP contribution in [0.1, 0.15) is 29.6 Å². The van der Waals surface area contributed by atoms with Crippen LogP contribution in [0.3, 0.4) is 0 Å². The van der Waals surface area contributed by atoms with Crippen molar-refractivity contribution in [1.29, 1.82) is 0 Å². The molecule has 124 valence electrons. The number of allylic oxidation sites excluding steroid dienone is 1.